The van der Waals surface area contributed by atoms with Crippen molar-refractivity contribution >= 4 is 22.9 Å². The van der Waals surface area contributed by atoms with Gasteiger partial charge in [0.1, 0.15) is 0 Å². The fourth-order valence-corrected chi connectivity index (χ4v) is 2.25. The van der Waals surface area contributed by atoms with Gasteiger partial charge in [0.05, 0.1) is 23.7 Å². The number of aliphatic imine (C=N–C) groups is 1. The molecule has 0 atom stereocenters. The number of allylic oxidation sites excluding steroid dienone is 3. The first-order valence-electron chi connectivity index (χ1n) is 7.17. The van der Waals surface area contributed by atoms with Crippen LogP contribution in [0.5, 0.6) is 0 Å². The zero-order valence-corrected chi connectivity index (χ0v) is 13.1. The summed E-state index contributed by atoms with van der Waals surface area (Å²) >= 11 is 0. The Labute approximate surface area is 130 Å². The second-order valence-corrected chi connectivity index (χ2v) is 5.39. The summed E-state index contributed by atoms with van der Waals surface area (Å²) in [6, 6.07) is 3.83. The Bertz CT molecular complexity index is 677. The van der Waals surface area contributed by atoms with E-state index in [1.807, 2.05) is 26.0 Å². The average Bonchev–Trinajstić information content (AvgIpc) is 2.46. The van der Waals surface area contributed by atoms with Gasteiger partial charge in [0.25, 0.3) is 0 Å². The summed E-state index contributed by atoms with van der Waals surface area (Å²) in [5.41, 5.74) is 11.4. The molecule has 0 radical (unpaired) electrons. The predicted octanol–water partition coefficient (Wildman–Crippen LogP) is 1.95. The second-order valence-electron chi connectivity index (χ2n) is 5.39. The molecule has 0 spiro atoms. The molecule has 116 valence electrons. The van der Waals surface area contributed by atoms with Crippen LogP contribution >= 0.6 is 0 Å². The molecule has 1 aromatic carbocycles. The number of anilines is 1. The molecule has 0 unspecified atom stereocenters. The highest BCUT2D eigenvalue weighted by atomic mass is 16.3. The van der Waals surface area contributed by atoms with E-state index in [9.17, 15) is 4.79 Å². The number of nitrogens with one attached hydrogen (secondary N) is 1. The van der Waals surface area contributed by atoms with Crippen LogP contribution in [0.15, 0.2) is 40.5 Å². The first-order valence-corrected chi connectivity index (χ1v) is 7.17. The fraction of sp³-hybridized carbons (Fsp3) is 0.294. The Morgan fingerprint density at radius 3 is 2.41 bits per heavy atom. The van der Waals surface area contributed by atoms with Gasteiger partial charge in [-0.05, 0) is 55.7 Å². The molecule has 0 fully saturated rings. The Morgan fingerprint density at radius 1 is 1.18 bits per heavy atom. The van der Waals surface area contributed by atoms with E-state index in [4.69, 9.17) is 10.8 Å². The molecule has 5 nitrogen and oxygen atoms in total. The van der Waals surface area contributed by atoms with Gasteiger partial charge in [0.15, 0.2) is 5.78 Å². The van der Waals surface area contributed by atoms with Gasteiger partial charge in [0.2, 0.25) is 0 Å². The van der Waals surface area contributed by atoms with E-state index in [2.05, 4.69) is 10.3 Å². The number of nitrogens with two attached hydrogens (primary N) is 1. The third-order valence-electron chi connectivity index (χ3n) is 3.55. The molecule has 4 N–H and O–H groups in total. The predicted molar refractivity (Wildman–Crippen MR) is 89.4 cm³/mol. The maximum atomic E-state index is 11.8. The average molecular weight is 299 g/mol. The van der Waals surface area contributed by atoms with E-state index in [1.54, 1.807) is 13.0 Å². The lowest BCUT2D eigenvalue weighted by Crippen LogP contribution is -2.26. The van der Waals surface area contributed by atoms with Gasteiger partial charge in [-0.3, -0.25) is 4.79 Å². The minimum absolute atomic E-state index is 0.0123. The smallest absolute Gasteiger partial charge is 0.183 e. The highest BCUT2D eigenvalue weighted by Crippen LogP contribution is 2.25. The topological polar surface area (TPSA) is 87.7 Å². The Balaban J connectivity index is 2.42. The number of nitrogens with zero attached hydrogens (tertiary/aromatic N) is 1. The summed E-state index contributed by atoms with van der Waals surface area (Å²) in [5, 5.41) is 12.0. The molecule has 0 aromatic heterocycles. The van der Waals surface area contributed by atoms with Gasteiger partial charge in [-0.15, -0.1) is 0 Å². The van der Waals surface area contributed by atoms with Crippen LogP contribution in [0, 0.1) is 13.8 Å². The second kappa shape index (κ2) is 6.58. The number of carbonyl (C=O) groups excluding carboxylic acids is 1. The van der Waals surface area contributed by atoms with Crippen molar-refractivity contribution in [3.8, 4) is 0 Å². The van der Waals surface area contributed by atoms with Crippen LogP contribution in [0.1, 0.15) is 18.1 Å². The number of aliphatic hydroxyl groups is 1. The van der Waals surface area contributed by atoms with E-state index in [-0.39, 0.29) is 12.4 Å². The van der Waals surface area contributed by atoms with E-state index in [1.165, 1.54) is 6.08 Å². The molecule has 22 heavy (non-hydrogen) atoms. The number of hydrogen-bond acceptors (Lipinski definition) is 5. The van der Waals surface area contributed by atoms with E-state index < -0.39 is 0 Å². The maximum Gasteiger partial charge on any atom is 0.183 e. The van der Waals surface area contributed by atoms with Crippen molar-refractivity contribution in [2.45, 2.75) is 20.8 Å². The first-order chi connectivity index (χ1) is 10.4. The van der Waals surface area contributed by atoms with Crippen LogP contribution in [-0.4, -0.2) is 29.8 Å². The highest BCUT2D eigenvalue weighted by molar-refractivity contribution is 6.22. The molecule has 0 saturated carbocycles. The maximum absolute atomic E-state index is 11.8. The van der Waals surface area contributed by atoms with Crippen LogP contribution in [-0.2, 0) is 4.79 Å². The first kappa shape index (κ1) is 16.0. The van der Waals surface area contributed by atoms with Crippen molar-refractivity contribution in [2.75, 3.05) is 18.9 Å². The molecule has 5 heteroatoms. The van der Waals surface area contributed by atoms with Crippen LogP contribution in [0.4, 0.5) is 11.4 Å². The normalized spacial score (nSPS) is 16.5. The molecule has 0 aliphatic heterocycles. The van der Waals surface area contributed by atoms with Crippen molar-refractivity contribution in [2.24, 2.45) is 4.99 Å². The lowest BCUT2D eigenvalue weighted by atomic mass is 10.0. The number of aryl methyl sites for hydroxylation is 2. The van der Waals surface area contributed by atoms with Crippen molar-refractivity contribution in [1.82, 2.24) is 5.32 Å². The third-order valence-corrected chi connectivity index (χ3v) is 3.55. The number of aliphatic hydroxyl groups excluding tert-OH is 1. The van der Waals surface area contributed by atoms with Gasteiger partial charge in [-0.1, -0.05) is 0 Å². The third kappa shape index (κ3) is 3.43. The van der Waals surface area contributed by atoms with Crippen molar-refractivity contribution in [3.63, 3.8) is 0 Å². The Hall–Kier alpha value is -2.40. The zero-order valence-electron chi connectivity index (χ0n) is 13.1. The van der Waals surface area contributed by atoms with Crippen LogP contribution in [0.3, 0.4) is 0 Å². The molecule has 1 aromatic rings. The molecule has 1 aliphatic rings. The van der Waals surface area contributed by atoms with Gasteiger partial charge in [-0.25, -0.2) is 4.99 Å². The Kier molecular flexibility index (Phi) is 4.78. The highest BCUT2D eigenvalue weighted by Gasteiger charge is 2.16. The summed E-state index contributed by atoms with van der Waals surface area (Å²) in [5.74, 6) is -0.0518. The van der Waals surface area contributed by atoms with Crippen LogP contribution < -0.4 is 11.1 Å². The van der Waals surface area contributed by atoms with Crippen LogP contribution in [0.2, 0.25) is 0 Å². The molecular weight excluding hydrogens is 278 g/mol. The van der Waals surface area contributed by atoms with Gasteiger partial charge in [0, 0.05) is 18.3 Å². The number of rotatable bonds is 4. The molecule has 2 rings (SSSR count). The summed E-state index contributed by atoms with van der Waals surface area (Å²) in [6.45, 7) is 6.00. The number of hydrogen-bond donors (Lipinski definition) is 3. The molecular formula is C17H21N3O2. The van der Waals surface area contributed by atoms with Crippen molar-refractivity contribution < 1.29 is 9.90 Å². The van der Waals surface area contributed by atoms with E-state index in [0.717, 1.165) is 22.5 Å². The summed E-state index contributed by atoms with van der Waals surface area (Å²) in [4.78, 5) is 16.4. The van der Waals surface area contributed by atoms with Gasteiger partial charge >= 0.3 is 0 Å². The van der Waals surface area contributed by atoms with Crippen molar-refractivity contribution in [3.05, 3.63) is 46.7 Å². The lowest BCUT2D eigenvalue weighted by molar-refractivity contribution is -0.111. The number of ketones is 1. The Morgan fingerprint density at radius 2 is 1.82 bits per heavy atom. The number of nitrogen functional groups attached to an aromatic ring is 1. The van der Waals surface area contributed by atoms with Gasteiger partial charge < -0.3 is 16.2 Å². The quantitative estimate of drug-likeness (QED) is 0.586. The number of carbonyl (C=O) groups is 1. The molecule has 0 amide bonds. The molecule has 1 aliphatic carbocycles. The molecule has 0 heterocycles. The zero-order chi connectivity index (χ0) is 16.3. The molecule has 0 bridgehead atoms. The number of benzene rings is 1. The minimum atomic E-state index is -0.0518. The lowest BCUT2D eigenvalue weighted by Gasteiger charge is -2.15. The summed E-state index contributed by atoms with van der Waals surface area (Å²) in [6.07, 6.45) is 3.27. The van der Waals surface area contributed by atoms with Crippen LogP contribution in [0.25, 0.3) is 0 Å². The monoisotopic (exact) mass is 299 g/mol. The largest absolute Gasteiger partial charge is 0.398 e. The van der Waals surface area contributed by atoms with E-state index >= 15 is 0 Å². The summed E-state index contributed by atoms with van der Waals surface area (Å²) < 4.78 is 0. The fourth-order valence-electron chi connectivity index (χ4n) is 2.25. The SMILES string of the molecule is CC1=CC(=Nc2cc(C)c(N)c(C)c2)C(NCCO)=CC1=O. The van der Waals surface area contributed by atoms with Gasteiger partial charge in [-0.2, -0.15) is 0 Å². The minimum Gasteiger partial charge on any atom is -0.398 e. The summed E-state index contributed by atoms with van der Waals surface area (Å²) in [7, 11) is 0. The molecule has 0 saturated heterocycles. The standard InChI is InChI=1S/C17H21N3O2/c1-10-8-15(14(9-16(10)22)19-4-5-21)20-13-6-11(2)17(18)12(3)7-13/h6-9,19,21H,4-5,18H2,1-3H3. The van der Waals surface area contributed by atoms with Crippen molar-refractivity contribution in [1.29, 1.82) is 0 Å². The van der Waals surface area contributed by atoms with E-state index in [0.29, 0.717) is 23.5 Å².